The van der Waals surface area contributed by atoms with Gasteiger partial charge in [0.15, 0.2) is 0 Å². The highest BCUT2D eigenvalue weighted by atomic mass is 16.5. The highest BCUT2D eigenvalue weighted by Crippen LogP contribution is 2.18. The first kappa shape index (κ1) is 18.7. The quantitative estimate of drug-likeness (QED) is 0.794. The molecule has 0 aliphatic heterocycles. The average molecular weight is 340 g/mol. The highest BCUT2D eigenvalue weighted by Gasteiger charge is 2.13. The number of amides is 2. The SMILES string of the molecule is COCc1ccc(CNC(=O)C(=O)Nc2cccc(C(C)C)c2)cc1. The van der Waals surface area contributed by atoms with E-state index in [9.17, 15) is 9.59 Å². The summed E-state index contributed by atoms with van der Waals surface area (Å²) in [6.07, 6.45) is 0. The molecule has 2 N–H and O–H groups in total. The Labute approximate surface area is 148 Å². The van der Waals surface area contributed by atoms with E-state index in [1.54, 1.807) is 13.2 Å². The molecule has 0 aliphatic rings. The lowest BCUT2D eigenvalue weighted by atomic mass is 10.0. The standard InChI is InChI=1S/C20H24N2O3/c1-14(2)17-5-4-6-18(11-17)22-20(24)19(23)21-12-15-7-9-16(10-8-15)13-25-3/h4-11,14H,12-13H2,1-3H3,(H,21,23)(H,22,24). The van der Waals surface area contributed by atoms with Crippen LogP contribution in [0.1, 0.15) is 36.5 Å². The predicted octanol–water partition coefficient (Wildman–Crippen LogP) is 3.21. The van der Waals surface area contributed by atoms with Crippen molar-refractivity contribution in [3.8, 4) is 0 Å². The molecule has 2 amide bonds. The van der Waals surface area contributed by atoms with Gasteiger partial charge >= 0.3 is 11.8 Å². The lowest BCUT2D eigenvalue weighted by Crippen LogP contribution is -2.34. The van der Waals surface area contributed by atoms with E-state index in [-0.39, 0.29) is 0 Å². The molecule has 0 radical (unpaired) electrons. The normalized spacial score (nSPS) is 10.6. The van der Waals surface area contributed by atoms with Crippen LogP contribution in [0.15, 0.2) is 48.5 Å². The zero-order valence-corrected chi connectivity index (χ0v) is 14.8. The van der Waals surface area contributed by atoms with Gasteiger partial charge in [-0.1, -0.05) is 50.2 Å². The summed E-state index contributed by atoms with van der Waals surface area (Å²) in [6.45, 7) is 4.99. The molecule has 0 unspecified atom stereocenters. The number of carbonyl (C=O) groups is 2. The Morgan fingerprint density at radius 1 is 1.00 bits per heavy atom. The first-order chi connectivity index (χ1) is 12.0. The van der Waals surface area contributed by atoms with Crippen LogP contribution in [0.3, 0.4) is 0 Å². The number of hydrogen-bond donors (Lipinski definition) is 2. The maximum absolute atomic E-state index is 12.0. The fraction of sp³-hybridized carbons (Fsp3) is 0.300. The number of benzene rings is 2. The smallest absolute Gasteiger partial charge is 0.313 e. The van der Waals surface area contributed by atoms with Crippen LogP contribution in [0.5, 0.6) is 0 Å². The van der Waals surface area contributed by atoms with Crippen molar-refractivity contribution in [3.05, 3.63) is 65.2 Å². The van der Waals surface area contributed by atoms with Crippen molar-refractivity contribution in [1.82, 2.24) is 5.32 Å². The third kappa shape index (κ3) is 5.72. The average Bonchev–Trinajstić information content (AvgIpc) is 2.61. The molecule has 0 saturated heterocycles. The maximum Gasteiger partial charge on any atom is 0.313 e. The third-order valence-corrected chi connectivity index (χ3v) is 3.80. The van der Waals surface area contributed by atoms with E-state index in [1.807, 2.05) is 42.5 Å². The molecule has 2 aromatic rings. The van der Waals surface area contributed by atoms with Gasteiger partial charge in [-0.3, -0.25) is 9.59 Å². The number of anilines is 1. The second-order valence-electron chi connectivity index (χ2n) is 6.17. The highest BCUT2D eigenvalue weighted by molar-refractivity contribution is 6.39. The summed E-state index contributed by atoms with van der Waals surface area (Å²) in [5.41, 5.74) is 3.70. The molecule has 0 aromatic heterocycles. The Morgan fingerprint density at radius 2 is 1.68 bits per heavy atom. The summed E-state index contributed by atoms with van der Waals surface area (Å²) in [5, 5.41) is 5.26. The van der Waals surface area contributed by atoms with Crippen LogP contribution in [0.25, 0.3) is 0 Å². The van der Waals surface area contributed by atoms with Crippen molar-refractivity contribution in [2.45, 2.75) is 32.9 Å². The monoisotopic (exact) mass is 340 g/mol. The Kier molecular flexibility index (Phi) is 6.71. The molecule has 132 valence electrons. The van der Waals surface area contributed by atoms with Crippen LogP contribution < -0.4 is 10.6 Å². The van der Waals surface area contributed by atoms with Gasteiger partial charge in [-0.2, -0.15) is 0 Å². The molecule has 5 heteroatoms. The van der Waals surface area contributed by atoms with Gasteiger partial charge in [-0.05, 0) is 34.7 Å². The minimum atomic E-state index is -0.670. The zero-order chi connectivity index (χ0) is 18.2. The Bertz CT molecular complexity index is 724. The molecule has 0 aliphatic carbocycles. The van der Waals surface area contributed by atoms with Crippen molar-refractivity contribution in [2.75, 3.05) is 12.4 Å². The number of nitrogens with one attached hydrogen (secondary N) is 2. The molecule has 0 heterocycles. The maximum atomic E-state index is 12.0. The van der Waals surface area contributed by atoms with E-state index in [4.69, 9.17) is 4.74 Å². The van der Waals surface area contributed by atoms with Crippen molar-refractivity contribution >= 4 is 17.5 Å². The van der Waals surface area contributed by atoms with Gasteiger partial charge in [-0.25, -0.2) is 0 Å². The fourth-order valence-corrected chi connectivity index (χ4v) is 2.35. The minimum absolute atomic E-state index is 0.297. The molecule has 2 rings (SSSR count). The number of carbonyl (C=O) groups excluding carboxylic acids is 2. The molecule has 0 saturated carbocycles. The second kappa shape index (κ2) is 8.99. The molecule has 5 nitrogen and oxygen atoms in total. The van der Waals surface area contributed by atoms with Gasteiger partial charge < -0.3 is 15.4 Å². The summed E-state index contributed by atoms with van der Waals surface area (Å²) in [6, 6.07) is 15.2. The summed E-state index contributed by atoms with van der Waals surface area (Å²) in [5.74, 6) is -0.973. The zero-order valence-electron chi connectivity index (χ0n) is 14.8. The second-order valence-corrected chi connectivity index (χ2v) is 6.17. The summed E-state index contributed by atoms with van der Waals surface area (Å²) < 4.78 is 5.05. The molecule has 25 heavy (non-hydrogen) atoms. The van der Waals surface area contributed by atoms with Crippen molar-refractivity contribution in [2.24, 2.45) is 0 Å². The van der Waals surface area contributed by atoms with Gasteiger partial charge in [0, 0.05) is 19.3 Å². The number of rotatable bonds is 6. The van der Waals surface area contributed by atoms with Crippen LogP contribution in [0.4, 0.5) is 5.69 Å². The van der Waals surface area contributed by atoms with Crippen LogP contribution in [0.2, 0.25) is 0 Å². The lowest BCUT2D eigenvalue weighted by Gasteiger charge is -2.10. The molecule has 2 aromatic carbocycles. The Hall–Kier alpha value is -2.66. The summed E-state index contributed by atoms with van der Waals surface area (Å²) >= 11 is 0. The van der Waals surface area contributed by atoms with Crippen LogP contribution in [-0.4, -0.2) is 18.9 Å². The van der Waals surface area contributed by atoms with E-state index < -0.39 is 11.8 Å². The molecule has 0 atom stereocenters. The molecular formula is C20H24N2O3. The molecule has 0 fully saturated rings. The van der Waals surface area contributed by atoms with Crippen LogP contribution >= 0.6 is 0 Å². The van der Waals surface area contributed by atoms with Crippen molar-refractivity contribution in [3.63, 3.8) is 0 Å². The van der Waals surface area contributed by atoms with Gasteiger partial charge in [0.1, 0.15) is 0 Å². The molecule has 0 spiro atoms. The summed E-state index contributed by atoms with van der Waals surface area (Å²) in [4.78, 5) is 24.0. The number of methoxy groups -OCH3 is 1. The minimum Gasteiger partial charge on any atom is -0.380 e. The third-order valence-electron chi connectivity index (χ3n) is 3.80. The van der Waals surface area contributed by atoms with E-state index in [1.165, 1.54) is 0 Å². The van der Waals surface area contributed by atoms with Crippen molar-refractivity contribution in [1.29, 1.82) is 0 Å². The number of ether oxygens (including phenoxy) is 1. The molecule has 0 bridgehead atoms. The predicted molar refractivity (Wildman–Crippen MR) is 98.2 cm³/mol. The largest absolute Gasteiger partial charge is 0.380 e. The van der Waals surface area contributed by atoms with Crippen molar-refractivity contribution < 1.29 is 14.3 Å². The fourth-order valence-electron chi connectivity index (χ4n) is 2.35. The first-order valence-corrected chi connectivity index (χ1v) is 8.25. The van der Waals surface area contributed by atoms with E-state index in [2.05, 4.69) is 24.5 Å². The summed E-state index contributed by atoms with van der Waals surface area (Å²) in [7, 11) is 1.64. The van der Waals surface area contributed by atoms with E-state index in [0.29, 0.717) is 24.8 Å². The van der Waals surface area contributed by atoms with Crippen LogP contribution in [0, 0.1) is 0 Å². The number of hydrogen-bond acceptors (Lipinski definition) is 3. The van der Waals surface area contributed by atoms with E-state index >= 15 is 0 Å². The molecular weight excluding hydrogens is 316 g/mol. The van der Waals surface area contributed by atoms with Gasteiger partial charge in [0.25, 0.3) is 0 Å². The lowest BCUT2D eigenvalue weighted by molar-refractivity contribution is -0.136. The van der Waals surface area contributed by atoms with Gasteiger partial charge in [0.2, 0.25) is 0 Å². The Morgan fingerprint density at radius 3 is 2.32 bits per heavy atom. The topological polar surface area (TPSA) is 67.4 Å². The van der Waals surface area contributed by atoms with E-state index in [0.717, 1.165) is 16.7 Å². The Balaban J connectivity index is 1.87. The van der Waals surface area contributed by atoms with Gasteiger partial charge in [-0.15, -0.1) is 0 Å². The van der Waals surface area contributed by atoms with Gasteiger partial charge in [0.05, 0.1) is 6.61 Å². The first-order valence-electron chi connectivity index (χ1n) is 8.25. The van der Waals surface area contributed by atoms with Crippen LogP contribution in [-0.2, 0) is 27.5 Å².